The molecule has 0 radical (unpaired) electrons. The first-order chi connectivity index (χ1) is 25.9. The van der Waals surface area contributed by atoms with Crippen molar-refractivity contribution >= 4 is 68.2 Å². The lowest BCUT2D eigenvalue weighted by molar-refractivity contribution is 0.185. The van der Waals surface area contributed by atoms with Crippen molar-refractivity contribution in [1.29, 1.82) is 0 Å². The Bertz CT molecular complexity index is 2420. The first-order valence-electron chi connectivity index (χ1n) is 16.7. The third-order valence-corrected chi connectivity index (χ3v) is 8.95. The number of benzene rings is 4. The Morgan fingerprint density at radius 2 is 1.15 bits per heavy atom. The highest BCUT2D eigenvalue weighted by Crippen LogP contribution is 2.23. The SMILES string of the molecule is CC(C)N(Cc1c[nH]c(=O)c2ccccc12)C(=O)Nc1ccc(F)c(Cl)c1.O=C(Nc1ccc(F)c(Cl)c1)N(CCO)Cc1c[nH]c(=O)c2ccccc12. The molecule has 0 fully saturated rings. The van der Waals surface area contributed by atoms with E-state index in [9.17, 15) is 33.1 Å². The molecule has 280 valence electrons. The number of H-pyrrole nitrogens is 2. The fraction of sp³-hybridized carbons (Fsp3) is 0.179. The van der Waals surface area contributed by atoms with Gasteiger partial charge in [0.2, 0.25) is 0 Å². The molecule has 0 saturated heterocycles. The van der Waals surface area contributed by atoms with Gasteiger partial charge < -0.3 is 35.5 Å². The van der Waals surface area contributed by atoms with Gasteiger partial charge >= 0.3 is 12.1 Å². The molecule has 0 spiro atoms. The van der Waals surface area contributed by atoms with Gasteiger partial charge in [-0.25, -0.2) is 18.4 Å². The maximum atomic E-state index is 13.3. The number of anilines is 2. The molecule has 6 aromatic rings. The van der Waals surface area contributed by atoms with Crippen molar-refractivity contribution in [2.75, 3.05) is 23.8 Å². The highest BCUT2D eigenvalue weighted by molar-refractivity contribution is 6.31. The van der Waals surface area contributed by atoms with E-state index < -0.39 is 17.7 Å². The van der Waals surface area contributed by atoms with E-state index in [1.165, 1.54) is 35.2 Å². The summed E-state index contributed by atoms with van der Waals surface area (Å²) in [6, 6.07) is 21.3. The number of rotatable bonds is 9. The number of nitrogens with one attached hydrogen (secondary N) is 4. The van der Waals surface area contributed by atoms with Gasteiger partial charge in [0.25, 0.3) is 11.1 Å². The molecule has 6 rings (SSSR count). The minimum absolute atomic E-state index is 0.0597. The second kappa shape index (κ2) is 17.8. The molecule has 0 aliphatic rings. The van der Waals surface area contributed by atoms with Crippen LogP contribution in [0.15, 0.2) is 107 Å². The third kappa shape index (κ3) is 9.61. The number of aliphatic hydroxyl groups excluding tert-OH is 1. The second-order valence-electron chi connectivity index (χ2n) is 12.4. The van der Waals surface area contributed by atoms with Crippen molar-refractivity contribution in [3.8, 4) is 0 Å². The number of carbonyl (C=O) groups is 2. The first-order valence-corrected chi connectivity index (χ1v) is 17.4. The van der Waals surface area contributed by atoms with E-state index in [0.29, 0.717) is 28.7 Å². The molecule has 0 bridgehead atoms. The summed E-state index contributed by atoms with van der Waals surface area (Å²) in [4.78, 5) is 57.7. The zero-order valence-electron chi connectivity index (χ0n) is 29.1. The summed E-state index contributed by atoms with van der Waals surface area (Å²) in [7, 11) is 0. The molecule has 0 saturated carbocycles. The van der Waals surface area contributed by atoms with Crippen LogP contribution in [0.3, 0.4) is 0 Å². The number of urea groups is 2. The van der Waals surface area contributed by atoms with E-state index in [2.05, 4.69) is 20.6 Å². The lowest BCUT2D eigenvalue weighted by Gasteiger charge is -2.27. The predicted molar refractivity (Wildman–Crippen MR) is 208 cm³/mol. The Hall–Kier alpha value is -5.76. The van der Waals surface area contributed by atoms with Crippen molar-refractivity contribution in [3.05, 3.63) is 151 Å². The fourth-order valence-corrected chi connectivity index (χ4v) is 5.96. The minimum Gasteiger partial charge on any atom is -0.395 e. The largest absolute Gasteiger partial charge is 0.395 e. The summed E-state index contributed by atoms with van der Waals surface area (Å²) in [6.45, 7) is 4.09. The number of amides is 4. The maximum absolute atomic E-state index is 13.3. The molecule has 0 aliphatic heterocycles. The van der Waals surface area contributed by atoms with E-state index in [-0.39, 0.29) is 52.9 Å². The Kier molecular flexibility index (Phi) is 13.0. The average Bonchev–Trinajstić information content (AvgIpc) is 3.15. The zero-order valence-corrected chi connectivity index (χ0v) is 30.6. The molecule has 4 aromatic carbocycles. The first kappa shape index (κ1) is 39.4. The third-order valence-electron chi connectivity index (χ3n) is 8.38. The van der Waals surface area contributed by atoms with Gasteiger partial charge in [0.15, 0.2) is 0 Å². The van der Waals surface area contributed by atoms with Gasteiger partial charge in [-0.2, -0.15) is 0 Å². The second-order valence-corrected chi connectivity index (χ2v) is 13.2. The molecule has 2 aromatic heterocycles. The van der Waals surface area contributed by atoms with Gasteiger partial charge in [-0.1, -0.05) is 59.6 Å². The summed E-state index contributed by atoms with van der Waals surface area (Å²) in [6.07, 6.45) is 3.18. The number of carbonyl (C=O) groups excluding carboxylic acids is 2. The van der Waals surface area contributed by atoms with E-state index in [0.717, 1.165) is 28.0 Å². The van der Waals surface area contributed by atoms with Crippen molar-refractivity contribution in [3.63, 3.8) is 0 Å². The van der Waals surface area contributed by atoms with Crippen molar-refractivity contribution in [2.24, 2.45) is 0 Å². The molecule has 4 amide bonds. The maximum Gasteiger partial charge on any atom is 0.322 e. The molecule has 5 N–H and O–H groups in total. The van der Waals surface area contributed by atoms with E-state index in [4.69, 9.17) is 23.2 Å². The van der Waals surface area contributed by atoms with Crippen LogP contribution < -0.4 is 21.8 Å². The predicted octanol–water partition coefficient (Wildman–Crippen LogP) is 8.11. The van der Waals surface area contributed by atoms with E-state index in [1.54, 1.807) is 47.6 Å². The summed E-state index contributed by atoms with van der Waals surface area (Å²) in [5, 5.41) is 17.1. The van der Waals surface area contributed by atoms with Crippen LogP contribution in [-0.4, -0.2) is 56.1 Å². The fourth-order valence-electron chi connectivity index (χ4n) is 5.60. The van der Waals surface area contributed by atoms with Crippen molar-refractivity contribution < 1.29 is 23.5 Å². The number of nitrogens with zero attached hydrogens (tertiary/aromatic N) is 2. The number of pyridine rings is 2. The van der Waals surface area contributed by atoms with Crippen LogP contribution in [0, 0.1) is 11.6 Å². The highest BCUT2D eigenvalue weighted by Gasteiger charge is 2.20. The number of aromatic amines is 2. The molecule has 11 nitrogen and oxygen atoms in total. The van der Waals surface area contributed by atoms with Crippen LogP contribution in [0.25, 0.3) is 21.5 Å². The van der Waals surface area contributed by atoms with Gasteiger partial charge in [-0.15, -0.1) is 0 Å². The van der Waals surface area contributed by atoms with Crippen LogP contribution in [0.2, 0.25) is 10.0 Å². The number of halogens is 4. The average molecular weight is 778 g/mol. The monoisotopic (exact) mass is 776 g/mol. The Morgan fingerprint density at radius 1 is 0.704 bits per heavy atom. The van der Waals surface area contributed by atoms with Crippen molar-refractivity contribution in [1.82, 2.24) is 19.8 Å². The number of fused-ring (bicyclic) bond motifs is 2. The number of aromatic nitrogens is 2. The van der Waals surface area contributed by atoms with Gasteiger partial charge in [-0.05, 0) is 84.3 Å². The molecular formula is C39H36Cl2F2N6O5. The molecule has 2 heterocycles. The van der Waals surface area contributed by atoms with Crippen LogP contribution >= 0.6 is 23.2 Å². The van der Waals surface area contributed by atoms with Gasteiger partial charge in [-0.3, -0.25) is 9.59 Å². The summed E-state index contributed by atoms with van der Waals surface area (Å²) >= 11 is 11.5. The summed E-state index contributed by atoms with van der Waals surface area (Å²) in [5.41, 5.74) is 1.91. The number of hydrogen-bond acceptors (Lipinski definition) is 5. The number of hydrogen-bond donors (Lipinski definition) is 5. The van der Waals surface area contributed by atoms with Gasteiger partial charge in [0.05, 0.1) is 16.7 Å². The Labute approximate surface area is 318 Å². The van der Waals surface area contributed by atoms with Gasteiger partial charge in [0, 0.05) is 60.2 Å². The molecule has 0 atom stereocenters. The van der Waals surface area contributed by atoms with Crippen molar-refractivity contribution in [2.45, 2.75) is 33.0 Å². The topological polar surface area (TPSA) is 151 Å². The van der Waals surface area contributed by atoms with E-state index >= 15 is 0 Å². The smallest absolute Gasteiger partial charge is 0.322 e. The minimum atomic E-state index is -0.582. The quantitative estimate of drug-likeness (QED) is 0.101. The molecular weight excluding hydrogens is 741 g/mol. The normalized spacial score (nSPS) is 10.9. The zero-order chi connectivity index (χ0) is 38.9. The molecule has 0 aliphatic carbocycles. The molecule has 0 unspecified atom stereocenters. The Balaban J connectivity index is 0.000000208. The Morgan fingerprint density at radius 3 is 1.59 bits per heavy atom. The lowest BCUT2D eigenvalue weighted by atomic mass is 10.1. The van der Waals surface area contributed by atoms with Gasteiger partial charge in [0.1, 0.15) is 11.6 Å². The standard InChI is InChI=1S/C20H19ClFN3O2.C19H17ClFN3O3/c1-12(2)25(20(27)24-14-7-8-18(22)17(21)9-14)11-13-10-23-19(26)16-6-4-3-5-15(13)16;20-16-9-13(5-6-17(16)21)23-19(27)24(7-8-25)11-12-10-22-18(26)15-4-2-1-3-14(12)15/h3-10,12H,11H2,1-2H3,(H,23,26)(H,24,27);1-6,9-10,25H,7-8,11H2,(H,22,26)(H,23,27). The van der Waals surface area contributed by atoms with Crippen LogP contribution in [0.5, 0.6) is 0 Å². The molecule has 54 heavy (non-hydrogen) atoms. The lowest BCUT2D eigenvalue weighted by Crippen LogP contribution is -2.39. The van der Waals surface area contributed by atoms with Crippen LogP contribution in [0.1, 0.15) is 25.0 Å². The van der Waals surface area contributed by atoms with E-state index in [1.807, 2.05) is 32.0 Å². The number of aliphatic hydroxyl groups is 1. The van der Waals surface area contributed by atoms with Crippen LogP contribution in [0.4, 0.5) is 29.7 Å². The highest BCUT2D eigenvalue weighted by atomic mass is 35.5. The molecule has 15 heteroatoms. The summed E-state index contributed by atoms with van der Waals surface area (Å²) in [5.74, 6) is -1.13. The van der Waals surface area contributed by atoms with Crippen LogP contribution in [-0.2, 0) is 13.1 Å². The summed E-state index contributed by atoms with van der Waals surface area (Å²) < 4.78 is 26.6.